The van der Waals surface area contributed by atoms with Gasteiger partial charge >= 0.3 is 0 Å². The number of hydrogen-bond acceptors (Lipinski definition) is 4. The molecule has 0 spiro atoms. The van der Waals surface area contributed by atoms with E-state index in [0.717, 1.165) is 48.7 Å². The van der Waals surface area contributed by atoms with Gasteiger partial charge in [0.15, 0.2) is 0 Å². The number of aryl methyl sites for hydroxylation is 1. The van der Waals surface area contributed by atoms with Crippen molar-refractivity contribution in [2.75, 3.05) is 27.3 Å². The van der Waals surface area contributed by atoms with Crippen LogP contribution in [0.4, 0.5) is 0 Å². The Kier molecular flexibility index (Phi) is 6.67. The molecule has 0 amide bonds. The van der Waals surface area contributed by atoms with E-state index in [2.05, 4.69) is 12.2 Å². The second-order valence-electron chi connectivity index (χ2n) is 4.77. The van der Waals surface area contributed by atoms with Crippen molar-refractivity contribution in [3.63, 3.8) is 0 Å². The van der Waals surface area contributed by atoms with E-state index in [1.165, 1.54) is 0 Å². The first-order valence-corrected chi connectivity index (χ1v) is 6.78. The smallest absolute Gasteiger partial charge is 0.123 e. The molecule has 0 bridgehead atoms. The lowest BCUT2D eigenvalue weighted by atomic mass is 10.1. The zero-order valence-corrected chi connectivity index (χ0v) is 12.5. The number of hydrogen-bond donors (Lipinski definition) is 2. The molecule has 0 aliphatic rings. The first kappa shape index (κ1) is 15.8. The molecule has 19 heavy (non-hydrogen) atoms. The van der Waals surface area contributed by atoms with Crippen molar-refractivity contribution in [3.8, 4) is 11.5 Å². The lowest BCUT2D eigenvalue weighted by molar-refractivity contribution is 0.392. The summed E-state index contributed by atoms with van der Waals surface area (Å²) in [5, 5.41) is 3.43. The monoisotopic (exact) mass is 266 g/mol. The van der Waals surface area contributed by atoms with Gasteiger partial charge in [-0.15, -0.1) is 0 Å². The summed E-state index contributed by atoms with van der Waals surface area (Å²) < 4.78 is 10.8. The van der Waals surface area contributed by atoms with Gasteiger partial charge in [0, 0.05) is 12.1 Å². The number of nitrogens with two attached hydrogens (primary N) is 1. The van der Waals surface area contributed by atoms with Gasteiger partial charge in [0.2, 0.25) is 0 Å². The second-order valence-corrected chi connectivity index (χ2v) is 4.77. The molecule has 1 rings (SSSR count). The Bertz CT molecular complexity index is 390. The number of benzene rings is 1. The third kappa shape index (κ3) is 4.40. The van der Waals surface area contributed by atoms with Crippen molar-refractivity contribution in [2.45, 2.75) is 26.8 Å². The maximum atomic E-state index is 5.70. The maximum absolute atomic E-state index is 5.70. The minimum Gasteiger partial charge on any atom is -0.496 e. The summed E-state index contributed by atoms with van der Waals surface area (Å²) in [6.45, 7) is 6.58. The molecule has 108 valence electrons. The van der Waals surface area contributed by atoms with Gasteiger partial charge in [-0.2, -0.15) is 0 Å². The lowest BCUT2D eigenvalue weighted by Crippen LogP contribution is -2.27. The van der Waals surface area contributed by atoms with Crippen LogP contribution in [0, 0.1) is 12.8 Å². The maximum Gasteiger partial charge on any atom is 0.123 e. The van der Waals surface area contributed by atoms with Gasteiger partial charge in [0.25, 0.3) is 0 Å². The van der Waals surface area contributed by atoms with Gasteiger partial charge in [-0.25, -0.2) is 0 Å². The van der Waals surface area contributed by atoms with E-state index < -0.39 is 0 Å². The van der Waals surface area contributed by atoms with E-state index in [1.54, 1.807) is 14.2 Å². The highest BCUT2D eigenvalue weighted by Crippen LogP contribution is 2.28. The lowest BCUT2D eigenvalue weighted by Gasteiger charge is -2.16. The molecule has 0 heterocycles. The van der Waals surface area contributed by atoms with Crippen molar-refractivity contribution in [2.24, 2.45) is 11.7 Å². The second kappa shape index (κ2) is 8.02. The van der Waals surface area contributed by atoms with Gasteiger partial charge in [-0.05, 0) is 43.6 Å². The first-order valence-electron chi connectivity index (χ1n) is 6.78. The third-order valence-corrected chi connectivity index (χ3v) is 3.46. The normalized spacial score (nSPS) is 12.3. The van der Waals surface area contributed by atoms with Crippen LogP contribution in [0.5, 0.6) is 11.5 Å². The van der Waals surface area contributed by atoms with E-state index in [4.69, 9.17) is 15.2 Å². The van der Waals surface area contributed by atoms with Crippen molar-refractivity contribution in [3.05, 3.63) is 23.3 Å². The predicted molar refractivity (Wildman–Crippen MR) is 78.8 cm³/mol. The van der Waals surface area contributed by atoms with Crippen LogP contribution < -0.4 is 20.5 Å². The molecule has 4 heteroatoms. The van der Waals surface area contributed by atoms with Crippen molar-refractivity contribution >= 4 is 0 Å². The zero-order valence-electron chi connectivity index (χ0n) is 12.5. The fourth-order valence-corrected chi connectivity index (χ4v) is 2.06. The van der Waals surface area contributed by atoms with Crippen LogP contribution in [-0.2, 0) is 6.54 Å². The molecule has 0 saturated heterocycles. The Morgan fingerprint density at radius 3 is 2.42 bits per heavy atom. The Balaban J connectivity index is 2.71. The quantitative estimate of drug-likeness (QED) is 0.756. The van der Waals surface area contributed by atoms with E-state index in [0.29, 0.717) is 5.92 Å². The Morgan fingerprint density at radius 2 is 1.89 bits per heavy atom. The van der Waals surface area contributed by atoms with Crippen molar-refractivity contribution in [1.29, 1.82) is 0 Å². The fourth-order valence-electron chi connectivity index (χ4n) is 2.06. The topological polar surface area (TPSA) is 56.5 Å². The zero-order chi connectivity index (χ0) is 14.3. The summed E-state index contributed by atoms with van der Waals surface area (Å²) in [6.07, 6.45) is 1.10. The summed E-state index contributed by atoms with van der Waals surface area (Å²) in [7, 11) is 3.38. The highest BCUT2D eigenvalue weighted by molar-refractivity contribution is 5.45. The molecular formula is C15H26N2O2. The first-order chi connectivity index (χ1) is 9.15. The van der Waals surface area contributed by atoms with Crippen LogP contribution in [0.25, 0.3) is 0 Å². The average Bonchev–Trinajstić information content (AvgIpc) is 2.44. The standard InChI is InChI=1S/C15H26N2O2/c1-5-12(8-16)9-17-10-13-7-14(18-3)11(2)6-15(13)19-4/h6-7,12,17H,5,8-10,16H2,1-4H3. The molecule has 0 aliphatic heterocycles. The highest BCUT2D eigenvalue weighted by atomic mass is 16.5. The Morgan fingerprint density at radius 1 is 1.21 bits per heavy atom. The molecule has 1 aromatic carbocycles. The summed E-state index contributed by atoms with van der Waals surface area (Å²) >= 11 is 0. The van der Waals surface area contributed by atoms with E-state index >= 15 is 0 Å². The molecule has 4 nitrogen and oxygen atoms in total. The summed E-state index contributed by atoms with van der Waals surface area (Å²) in [5.74, 6) is 2.31. The molecule has 1 atom stereocenters. The largest absolute Gasteiger partial charge is 0.496 e. The predicted octanol–water partition coefficient (Wildman–Crippen LogP) is 2.09. The fraction of sp³-hybridized carbons (Fsp3) is 0.600. The minimum atomic E-state index is 0.526. The molecule has 0 saturated carbocycles. The van der Waals surface area contributed by atoms with Crippen LogP contribution in [0.3, 0.4) is 0 Å². The summed E-state index contributed by atoms with van der Waals surface area (Å²) in [6, 6.07) is 4.04. The number of rotatable bonds is 8. The third-order valence-electron chi connectivity index (χ3n) is 3.46. The highest BCUT2D eigenvalue weighted by Gasteiger charge is 2.09. The van der Waals surface area contributed by atoms with Crippen LogP contribution >= 0.6 is 0 Å². The number of nitrogens with one attached hydrogen (secondary N) is 1. The van der Waals surface area contributed by atoms with E-state index in [-0.39, 0.29) is 0 Å². The van der Waals surface area contributed by atoms with E-state index in [9.17, 15) is 0 Å². The Labute approximate surface area is 116 Å². The average molecular weight is 266 g/mol. The molecule has 0 aromatic heterocycles. The van der Waals surface area contributed by atoms with Crippen LogP contribution in [0.2, 0.25) is 0 Å². The number of methoxy groups -OCH3 is 2. The van der Waals surface area contributed by atoms with Gasteiger partial charge in [0.05, 0.1) is 14.2 Å². The molecule has 1 unspecified atom stereocenters. The molecule has 0 fully saturated rings. The number of ether oxygens (including phenoxy) is 2. The molecular weight excluding hydrogens is 240 g/mol. The van der Waals surface area contributed by atoms with Crippen LogP contribution in [-0.4, -0.2) is 27.3 Å². The van der Waals surface area contributed by atoms with Gasteiger partial charge in [-0.3, -0.25) is 0 Å². The van der Waals surface area contributed by atoms with Gasteiger partial charge in [0.1, 0.15) is 11.5 Å². The van der Waals surface area contributed by atoms with Gasteiger partial charge in [-0.1, -0.05) is 13.3 Å². The van der Waals surface area contributed by atoms with Gasteiger partial charge < -0.3 is 20.5 Å². The SMILES string of the molecule is CCC(CN)CNCc1cc(OC)c(C)cc1OC. The molecule has 3 N–H and O–H groups in total. The van der Waals surface area contributed by atoms with E-state index in [1.807, 2.05) is 19.1 Å². The minimum absolute atomic E-state index is 0.526. The van der Waals surface area contributed by atoms with Crippen LogP contribution in [0.1, 0.15) is 24.5 Å². The Hall–Kier alpha value is -1.26. The van der Waals surface area contributed by atoms with Crippen LogP contribution in [0.15, 0.2) is 12.1 Å². The molecule has 0 radical (unpaired) electrons. The molecule has 1 aromatic rings. The van der Waals surface area contributed by atoms with Crippen molar-refractivity contribution < 1.29 is 9.47 Å². The van der Waals surface area contributed by atoms with Crippen molar-refractivity contribution in [1.82, 2.24) is 5.32 Å². The summed E-state index contributed by atoms with van der Waals surface area (Å²) in [5.41, 5.74) is 7.89. The molecule has 0 aliphatic carbocycles. The summed E-state index contributed by atoms with van der Waals surface area (Å²) in [4.78, 5) is 0.